The molecule has 55 heavy (non-hydrogen) atoms. The Morgan fingerprint density at radius 2 is 1.84 bits per heavy atom. The number of carbonyl (C=O) groups excluding carboxylic acids is 1. The number of pyridine rings is 3. The average molecular weight is 757 g/mol. The number of hydrogen-bond donors (Lipinski definition) is 1. The molecule has 1 unspecified atom stereocenters. The lowest BCUT2D eigenvalue weighted by molar-refractivity contribution is 0.0200. The van der Waals surface area contributed by atoms with Gasteiger partial charge in [0, 0.05) is 82.4 Å². The number of nitrogens with zero attached hydrogens (tertiary/aromatic N) is 7. The molecule has 2 atom stereocenters. The first-order valence-corrected chi connectivity index (χ1v) is 19.2. The zero-order valence-electron chi connectivity index (χ0n) is 32.8. The molecular weight excluding hydrogens is 703 g/mol. The predicted molar refractivity (Wildman–Crippen MR) is 212 cm³/mol. The van der Waals surface area contributed by atoms with E-state index in [9.17, 15) is 9.59 Å². The third-order valence-electron chi connectivity index (χ3n) is 11.0. The molecule has 2 saturated heterocycles. The highest BCUT2D eigenvalue weighted by Crippen LogP contribution is 2.43. The molecule has 294 valence electrons. The van der Waals surface area contributed by atoms with Gasteiger partial charge in [0.2, 0.25) is 5.88 Å². The molecule has 0 spiro atoms. The number of hydrogen-bond acceptors (Lipinski definition) is 11. The van der Waals surface area contributed by atoms with Gasteiger partial charge in [-0.3, -0.25) is 9.69 Å². The third kappa shape index (κ3) is 8.14. The number of amides is 1. The molecule has 3 aliphatic rings. The first kappa shape index (κ1) is 38.2. The highest BCUT2D eigenvalue weighted by molar-refractivity contribution is 5.92. The zero-order chi connectivity index (χ0) is 39.0. The summed E-state index contributed by atoms with van der Waals surface area (Å²) in [6.45, 7) is 11.5. The molecule has 2 fully saturated rings. The van der Waals surface area contributed by atoms with Crippen LogP contribution in [0.25, 0.3) is 10.9 Å². The van der Waals surface area contributed by atoms with Crippen LogP contribution in [0, 0.1) is 5.82 Å². The van der Waals surface area contributed by atoms with E-state index in [1.165, 1.54) is 6.07 Å². The Morgan fingerprint density at radius 3 is 2.55 bits per heavy atom. The number of anilines is 3. The number of carbonyl (C=O) groups is 1. The summed E-state index contributed by atoms with van der Waals surface area (Å²) in [4.78, 5) is 44.2. The number of nitrogens with two attached hydrogens (primary N) is 1. The van der Waals surface area contributed by atoms with Crippen LogP contribution in [0.3, 0.4) is 0 Å². The Balaban J connectivity index is 1.19. The summed E-state index contributed by atoms with van der Waals surface area (Å²) in [5, 5.41) is 0.309. The monoisotopic (exact) mass is 756 g/mol. The zero-order valence-corrected chi connectivity index (χ0v) is 32.8. The van der Waals surface area contributed by atoms with Gasteiger partial charge in [-0.05, 0) is 83.2 Å². The normalized spacial score (nSPS) is 19.1. The van der Waals surface area contributed by atoms with Crippen molar-refractivity contribution in [2.24, 2.45) is 0 Å². The molecule has 4 aromatic rings. The summed E-state index contributed by atoms with van der Waals surface area (Å²) in [6, 6.07) is 9.09. The van der Waals surface area contributed by atoms with Gasteiger partial charge in [-0.25, -0.2) is 19.2 Å². The van der Waals surface area contributed by atoms with Crippen molar-refractivity contribution in [1.29, 1.82) is 0 Å². The summed E-state index contributed by atoms with van der Waals surface area (Å²) < 4.78 is 35.8. The van der Waals surface area contributed by atoms with Gasteiger partial charge in [0.1, 0.15) is 23.7 Å². The van der Waals surface area contributed by atoms with Gasteiger partial charge in [-0.1, -0.05) is 0 Å². The molecule has 3 aromatic heterocycles. The number of nitrogen functional groups attached to an aromatic ring is 1. The van der Waals surface area contributed by atoms with E-state index < -0.39 is 11.4 Å². The van der Waals surface area contributed by atoms with Gasteiger partial charge in [0.05, 0.1) is 35.9 Å². The van der Waals surface area contributed by atoms with Crippen molar-refractivity contribution < 1.29 is 23.4 Å². The highest BCUT2D eigenvalue weighted by Gasteiger charge is 2.34. The van der Waals surface area contributed by atoms with Gasteiger partial charge < -0.3 is 39.2 Å². The van der Waals surface area contributed by atoms with E-state index in [1.54, 1.807) is 25.3 Å². The van der Waals surface area contributed by atoms with Gasteiger partial charge in [0.25, 0.3) is 0 Å². The van der Waals surface area contributed by atoms with Gasteiger partial charge in [0.15, 0.2) is 17.0 Å². The van der Waals surface area contributed by atoms with Crippen LogP contribution in [0.5, 0.6) is 11.6 Å². The Labute approximate surface area is 321 Å². The number of methoxy groups -OCH3 is 1. The first-order chi connectivity index (χ1) is 26.3. The molecule has 0 saturated carbocycles. The van der Waals surface area contributed by atoms with E-state index in [-0.39, 0.29) is 29.6 Å². The molecule has 2 N–H and O–H groups in total. The topological polar surface area (TPSA) is 132 Å². The fourth-order valence-electron chi connectivity index (χ4n) is 8.14. The van der Waals surface area contributed by atoms with Crippen LogP contribution in [0.15, 0.2) is 53.7 Å². The lowest BCUT2D eigenvalue weighted by Crippen LogP contribution is -2.48. The maximum Gasteiger partial charge on any atom is 0.410 e. The Morgan fingerprint density at radius 1 is 1.05 bits per heavy atom. The molecule has 0 radical (unpaired) electrons. The van der Waals surface area contributed by atoms with Crippen molar-refractivity contribution in [3.8, 4) is 11.6 Å². The Bertz CT molecular complexity index is 2080. The third-order valence-corrected chi connectivity index (χ3v) is 11.0. The summed E-state index contributed by atoms with van der Waals surface area (Å²) in [7, 11) is 3.36. The van der Waals surface area contributed by atoms with E-state index in [1.807, 2.05) is 62.3 Å². The van der Waals surface area contributed by atoms with Crippen molar-refractivity contribution >= 4 is 34.2 Å². The van der Waals surface area contributed by atoms with E-state index in [2.05, 4.69) is 31.3 Å². The molecule has 1 amide bonds. The second-order valence-corrected chi connectivity index (χ2v) is 16.1. The van der Waals surface area contributed by atoms with Crippen LogP contribution in [0.1, 0.15) is 70.5 Å². The molecule has 7 rings (SSSR count). The maximum absolute atomic E-state index is 16.4. The van der Waals surface area contributed by atoms with Crippen molar-refractivity contribution in [3.63, 3.8) is 0 Å². The lowest BCUT2D eigenvalue weighted by Gasteiger charge is -2.41. The minimum atomic E-state index is -0.591. The molecule has 14 heteroatoms. The molecule has 0 aliphatic carbocycles. The predicted octanol–water partition coefficient (Wildman–Crippen LogP) is 5.98. The smallest absolute Gasteiger partial charge is 0.410 e. The van der Waals surface area contributed by atoms with E-state index >= 15 is 4.39 Å². The first-order valence-electron chi connectivity index (χ1n) is 19.2. The van der Waals surface area contributed by atoms with Crippen LogP contribution >= 0.6 is 0 Å². The minimum absolute atomic E-state index is 0.0387. The number of piperidine rings is 2. The van der Waals surface area contributed by atoms with Crippen molar-refractivity contribution in [3.05, 3.63) is 76.1 Å². The summed E-state index contributed by atoms with van der Waals surface area (Å²) in [6.07, 6.45) is 8.32. The summed E-state index contributed by atoms with van der Waals surface area (Å²) in [5.74, 6) is 0.914. The fraction of sp³-hybridized carbons (Fsp3) is 0.512. The Hall–Kier alpha value is -5.11. The summed E-state index contributed by atoms with van der Waals surface area (Å²) >= 11 is 0. The molecule has 1 aromatic carbocycles. The standard InChI is InChI=1S/C41H53FN8O5/c1-26-25-54-39-36-32(19-33(42)37(39)47-16-12-29(13-17-47)46(5)40(52)55-41(2,3)4)38(51)28(23-50(26)36)22-49(21-27-11-14-44-35(18-27)53-6)31-8-7-15-48(24-31)30-9-10-34(43)45-20-30/h9-11,14,18-20,23,26,29,31H,7-8,12-13,15-17,21-22,24-25H2,1-6H3,(H2,43,45)/t26?,31-/m0/s1. The number of benzene rings is 1. The van der Waals surface area contributed by atoms with Gasteiger partial charge in [-0.15, -0.1) is 0 Å². The molecule has 6 heterocycles. The number of ether oxygens (including phenoxy) is 3. The number of halogens is 1. The van der Waals surface area contributed by atoms with E-state index in [0.29, 0.717) is 85.2 Å². The SMILES string of the molecule is COc1cc(CN(Cc2cn3c4c(c(N5CCC(N(C)C(=O)OC(C)(C)C)CC5)c(F)cc4c2=O)OCC3C)[C@H]2CCCN(c3ccc(N)nc3)C2)ccn1. The summed E-state index contributed by atoms with van der Waals surface area (Å²) in [5.41, 5.74) is 8.69. The second kappa shape index (κ2) is 15.6. The molecule has 0 bridgehead atoms. The fourth-order valence-corrected chi connectivity index (χ4v) is 8.14. The maximum atomic E-state index is 16.4. The molecular formula is C41H53FN8O5. The van der Waals surface area contributed by atoms with Crippen LogP contribution in [-0.4, -0.2) is 95.1 Å². The van der Waals surface area contributed by atoms with Crippen LogP contribution < -0.4 is 30.4 Å². The largest absolute Gasteiger partial charge is 0.487 e. The van der Waals surface area contributed by atoms with Crippen molar-refractivity contribution in [1.82, 2.24) is 24.3 Å². The quantitative estimate of drug-likeness (QED) is 0.216. The average Bonchev–Trinajstić information content (AvgIpc) is 3.17. The van der Waals surface area contributed by atoms with Crippen molar-refractivity contribution in [2.75, 3.05) is 62.5 Å². The number of rotatable bonds is 9. The van der Waals surface area contributed by atoms with Gasteiger partial charge in [-0.2, -0.15) is 0 Å². The molecule has 13 nitrogen and oxygen atoms in total. The lowest BCUT2D eigenvalue weighted by atomic mass is 10.00. The van der Waals surface area contributed by atoms with Crippen LogP contribution in [-0.2, 0) is 17.8 Å². The van der Waals surface area contributed by atoms with Gasteiger partial charge >= 0.3 is 6.09 Å². The van der Waals surface area contributed by atoms with Crippen LogP contribution in [0.4, 0.5) is 26.4 Å². The highest BCUT2D eigenvalue weighted by atomic mass is 19.1. The van der Waals surface area contributed by atoms with E-state index in [0.717, 1.165) is 37.2 Å². The minimum Gasteiger partial charge on any atom is -0.487 e. The van der Waals surface area contributed by atoms with E-state index in [4.69, 9.17) is 19.9 Å². The Kier molecular flexibility index (Phi) is 10.8. The van der Waals surface area contributed by atoms with Crippen LogP contribution in [0.2, 0.25) is 0 Å². The molecule has 3 aliphatic heterocycles. The number of aromatic nitrogens is 3. The second-order valence-electron chi connectivity index (χ2n) is 16.1. The van der Waals surface area contributed by atoms with Crippen molar-refractivity contribution in [2.45, 2.75) is 90.2 Å².